The summed E-state index contributed by atoms with van der Waals surface area (Å²) in [6, 6.07) is 50.1. The lowest BCUT2D eigenvalue weighted by molar-refractivity contribution is 0.769. The second-order valence-corrected chi connectivity index (χ2v) is 9.73. The van der Waals surface area contributed by atoms with Gasteiger partial charge in [0.15, 0.2) is 0 Å². The van der Waals surface area contributed by atoms with E-state index < -0.39 is 5.41 Å². The molecule has 0 amide bonds. The van der Waals surface area contributed by atoms with Crippen LogP contribution in [0.1, 0.15) is 22.3 Å². The van der Waals surface area contributed by atoms with Crippen molar-refractivity contribution in [3.05, 3.63) is 174 Å². The first kappa shape index (κ1) is 22.3. The van der Waals surface area contributed by atoms with Gasteiger partial charge in [0.25, 0.3) is 0 Å². The van der Waals surface area contributed by atoms with Gasteiger partial charge in [0.2, 0.25) is 0 Å². The lowest BCUT2D eigenvalue weighted by Gasteiger charge is -2.34. The van der Waals surface area contributed by atoms with Crippen LogP contribution in [0.25, 0.3) is 22.3 Å². The molecule has 0 saturated carbocycles. The lowest BCUT2D eigenvalue weighted by Crippen LogP contribution is -2.28. The molecule has 0 bridgehead atoms. The number of fused-ring (bicyclic) bond motifs is 3. The number of para-hydroxylation sites is 1. The van der Waals surface area contributed by atoms with E-state index in [1.807, 2.05) is 30.6 Å². The topological polar surface area (TPSA) is 24.9 Å². The SMILES string of the molecule is c1ccc(Nc2ccc(C3(c4ccccc4)c4ccccc4-c4ccc(-c5ccncc5)cc43)cc2)cc1. The lowest BCUT2D eigenvalue weighted by atomic mass is 9.67. The number of benzene rings is 5. The molecule has 1 N–H and O–H groups in total. The zero-order valence-electron chi connectivity index (χ0n) is 20.9. The van der Waals surface area contributed by atoms with Crippen LogP contribution in [-0.2, 0) is 5.41 Å². The number of aromatic nitrogens is 1. The highest BCUT2D eigenvalue weighted by atomic mass is 14.9. The highest BCUT2D eigenvalue weighted by Gasteiger charge is 2.46. The third-order valence-electron chi connectivity index (χ3n) is 7.65. The average molecular weight is 487 g/mol. The van der Waals surface area contributed by atoms with Crippen molar-refractivity contribution < 1.29 is 0 Å². The Morgan fingerprint density at radius 3 is 1.82 bits per heavy atom. The molecule has 1 atom stereocenters. The summed E-state index contributed by atoms with van der Waals surface area (Å²) in [6.07, 6.45) is 3.72. The molecule has 5 aromatic carbocycles. The maximum absolute atomic E-state index is 4.23. The van der Waals surface area contributed by atoms with Crippen LogP contribution in [0.2, 0.25) is 0 Å². The molecule has 1 unspecified atom stereocenters. The molecule has 0 fully saturated rings. The third-order valence-corrected chi connectivity index (χ3v) is 7.65. The summed E-state index contributed by atoms with van der Waals surface area (Å²) >= 11 is 0. The van der Waals surface area contributed by atoms with Crippen LogP contribution in [0.15, 0.2) is 152 Å². The third kappa shape index (κ3) is 3.54. The fourth-order valence-electron chi connectivity index (χ4n) is 5.97. The molecule has 6 aromatic rings. The first-order valence-electron chi connectivity index (χ1n) is 13.0. The van der Waals surface area contributed by atoms with Crippen molar-refractivity contribution in [1.82, 2.24) is 4.98 Å². The van der Waals surface area contributed by atoms with Gasteiger partial charge in [-0.1, -0.05) is 97.1 Å². The number of nitrogens with zero attached hydrogens (tertiary/aromatic N) is 1. The predicted molar refractivity (Wildman–Crippen MR) is 157 cm³/mol. The number of pyridine rings is 1. The molecule has 1 heterocycles. The Labute approximate surface area is 223 Å². The van der Waals surface area contributed by atoms with Crippen molar-refractivity contribution in [1.29, 1.82) is 0 Å². The molecule has 7 rings (SSSR count). The van der Waals surface area contributed by atoms with Gasteiger partial charge >= 0.3 is 0 Å². The highest BCUT2D eigenvalue weighted by molar-refractivity contribution is 5.88. The summed E-state index contributed by atoms with van der Waals surface area (Å²) in [7, 11) is 0. The van der Waals surface area contributed by atoms with Crippen LogP contribution in [0, 0.1) is 0 Å². The molecule has 0 spiro atoms. The number of nitrogens with one attached hydrogen (secondary N) is 1. The predicted octanol–water partition coefficient (Wildman–Crippen LogP) is 8.86. The Morgan fingerprint density at radius 2 is 1.05 bits per heavy atom. The van der Waals surface area contributed by atoms with Crippen LogP contribution >= 0.6 is 0 Å². The molecule has 0 radical (unpaired) electrons. The molecule has 2 nitrogen and oxygen atoms in total. The van der Waals surface area contributed by atoms with Gasteiger partial charge in [-0.3, -0.25) is 4.98 Å². The Morgan fingerprint density at radius 1 is 0.447 bits per heavy atom. The summed E-state index contributed by atoms with van der Waals surface area (Å²) in [5, 5.41) is 3.54. The molecule has 0 saturated heterocycles. The van der Waals surface area contributed by atoms with E-state index in [-0.39, 0.29) is 0 Å². The second-order valence-electron chi connectivity index (χ2n) is 9.73. The number of rotatable bonds is 5. The van der Waals surface area contributed by atoms with E-state index >= 15 is 0 Å². The van der Waals surface area contributed by atoms with E-state index in [9.17, 15) is 0 Å². The maximum Gasteiger partial charge on any atom is 0.0713 e. The van der Waals surface area contributed by atoms with Crippen molar-refractivity contribution >= 4 is 11.4 Å². The largest absolute Gasteiger partial charge is 0.356 e. The Kier molecular flexibility index (Phi) is 5.37. The summed E-state index contributed by atoms with van der Waals surface area (Å²) in [6.45, 7) is 0. The Hall–Kier alpha value is -4.95. The van der Waals surface area contributed by atoms with Crippen molar-refractivity contribution in [2.75, 3.05) is 5.32 Å². The molecular formula is C36H26N2. The molecule has 2 heteroatoms. The van der Waals surface area contributed by atoms with Gasteiger partial charge in [-0.15, -0.1) is 0 Å². The van der Waals surface area contributed by atoms with Gasteiger partial charge < -0.3 is 5.32 Å². The smallest absolute Gasteiger partial charge is 0.0713 e. The minimum Gasteiger partial charge on any atom is -0.356 e. The molecule has 0 aliphatic heterocycles. The Balaban J connectivity index is 1.46. The van der Waals surface area contributed by atoms with Gasteiger partial charge in [-0.25, -0.2) is 0 Å². The molecule has 1 aromatic heterocycles. The van der Waals surface area contributed by atoms with Crippen molar-refractivity contribution in [2.45, 2.75) is 5.41 Å². The van der Waals surface area contributed by atoms with Gasteiger partial charge in [0, 0.05) is 23.8 Å². The quantitative estimate of drug-likeness (QED) is 0.263. The summed E-state index contributed by atoms with van der Waals surface area (Å²) in [5.74, 6) is 0. The van der Waals surface area contributed by atoms with Crippen LogP contribution in [0.5, 0.6) is 0 Å². The molecule has 38 heavy (non-hydrogen) atoms. The summed E-state index contributed by atoms with van der Waals surface area (Å²) in [4.78, 5) is 4.23. The normalized spacial score (nSPS) is 15.5. The van der Waals surface area contributed by atoms with Gasteiger partial charge in [-0.2, -0.15) is 0 Å². The molecule has 1 aliphatic rings. The number of hydrogen-bond acceptors (Lipinski definition) is 2. The van der Waals surface area contributed by atoms with Gasteiger partial charge in [0.05, 0.1) is 5.41 Å². The fourth-order valence-corrected chi connectivity index (χ4v) is 5.97. The molecule has 1 aliphatic carbocycles. The average Bonchev–Trinajstić information content (AvgIpc) is 3.29. The van der Waals surface area contributed by atoms with Crippen molar-refractivity contribution in [3.63, 3.8) is 0 Å². The zero-order valence-corrected chi connectivity index (χ0v) is 20.9. The van der Waals surface area contributed by atoms with Gasteiger partial charge in [-0.05, 0) is 87.0 Å². The molecule has 180 valence electrons. The van der Waals surface area contributed by atoms with Gasteiger partial charge in [0.1, 0.15) is 0 Å². The fraction of sp³-hybridized carbons (Fsp3) is 0.0278. The summed E-state index contributed by atoms with van der Waals surface area (Å²) < 4.78 is 0. The maximum atomic E-state index is 4.23. The van der Waals surface area contributed by atoms with Crippen LogP contribution in [0.4, 0.5) is 11.4 Å². The van der Waals surface area contributed by atoms with E-state index in [2.05, 4.69) is 132 Å². The molecular weight excluding hydrogens is 460 g/mol. The standard InChI is InChI=1S/C36H26N2/c1-3-9-28(10-4-1)36(29-16-18-31(19-17-29)38-30-11-5-2-6-12-30)34-14-8-7-13-32(34)33-20-15-27(25-35(33)36)26-21-23-37-24-22-26/h1-25,38H. The van der Waals surface area contributed by atoms with E-state index in [0.29, 0.717) is 0 Å². The number of anilines is 2. The second kappa shape index (κ2) is 9.17. The van der Waals surface area contributed by atoms with Crippen LogP contribution in [0.3, 0.4) is 0 Å². The first-order valence-corrected chi connectivity index (χ1v) is 13.0. The highest BCUT2D eigenvalue weighted by Crippen LogP contribution is 2.56. The van der Waals surface area contributed by atoms with E-state index in [1.165, 1.54) is 44.5 Å². The summed E-state index contributed by atoms with van der Waals surface area (Å²) in [5.41, 5.74) is 11.8. The van der Waals surface area contributed by atoms with Crippen LogP contribution < -0.4 is 5.32 Å². The van der Waals surface area contributed by atoms with E-state index in [0.717, 1.165) is 11.4 Å². The monoisotopic (exact) mass is 486 g/mol. The van der Waals surface area contributed by atoms with E-state index in [4.69, 9.17) is 0 Å². The zero-order chi connectivity index (χ0) is 25.4. The minimum atomic E-state index is -0.429. The number of hydrogen-bond donors (Lipinski definition) is 1. The minimum absolute atomic E-state index is 0.429. The van der Waals surface area contributed by atoms with E-state index in [1.54, 1.807) is 0 Å². The Bertz CT molecular complexity index is 1710. The van der Waals surface area contributed by atoms with Crippen molar-refractivity contribution in [3.8, 4) is 22.3 Å². The van der Waals surface area contributed by atoms with Crippen LogP contribution in [-0.4, -0.2) is 4.98 Å². The van der Waals surface area contributed by atoms with Crippen molar-refractivity contribution in [2.24, 2.45) is 0 Å². The first-order chi connectivity index (χ1) is 18.8.